The number of hydrogen-bond acceptors (Lipinski definition) is 3. The second-order valence-corrected chi connectivity index (χ2v) is 8.23. The molecule has 0 bridgehead atoms. The highest BCUT2D eigenvalue weighted by Gasteiger charge is 2.32. The van der Waals surface area contributed by atoms with Crippen molar-refractivity contribution in [3.8, 4) is 0 Å². The Bertz CT molecular complexity index is 569. The number of rotatable bonds is 1. The van der Waals surface area contributed by atoms with Crippen LogP contribution < -0.4 is 0 Å². The zero-order chi connectivity index (χ0) is 15.4. The van der Waals surface area contributed by atoms with Crippen LogP contribution in [0, 0.1) is 0 Å². The largest absolute Gasteiger partial charge is 0.416 e. The molecule has 1 rings (SSSR count). The zero-order valence-corrected chi connectivity index (χ0v) is 13.1. The lowest BCUT2D eigenvalue weighted by atomic mass is 10.2. The third-order valence-corrected chi connectivity index (χ3v) is 3.32. The van der Waals surface area contributed by atoms with Gasteiger partial charge >= 0.3 is 6.18 Å². The van der Waals surface area contributed by atoms with Gasteiger partial charge in [-0.05, 0) is 18.2 Å². The van der Waals surface area contributed by atoms with Gasteiger partial charge in [0.05, 0.1) is 10.6 Å². The Balaban J connectivity index is 0.000000711. The first-order chi connectivity index (χ1) is 8.35. The average Bonchev–Trinajstić information content (AvgIpc) is 2.13. The lowest BCUT2D eigenvalue weighted by Crippen LogP contribution is -2.06. The molecule has 19 heavy (non-hydrogen) atoms. The molecule has 0 amide bonds. The predicted octanol–water partition coefficient (Wildman–Crippen LogP) is 4.33. The average molecular weight is 398 g/mol. The van der Waals surface area contributed by atoms with E-state index in [2.05, 4.69) is 21.4 Å². The summed E-state index contributed by atoms with van der Waals surface area (Å²) in [6.07, 6.45) is -4.64. The third-order valence-electron chi connectivity index (χ3n) is 1.52. The lowest BCUT2D eigenvalue weighted by Gasteiger charge is -2.08. The Kier molecular flexibility index (Phi) is 7.43. The van der Waals surface area contributed by atoms with E-state index in [0.717, 1.165) is 6.07 Å². The molecule has 0 aliphatic rings. The first kappa shape index (κ1) is 19.3. The quantitative estimate of drug-likeness (QED) is 0.662. The molecule has 0 aromatic heterocycles. The summed E-state index contributed by atoms with van der Waals surface area (Å²) >= 11 is 5.40. The van der Waals surface area contributed by atoms with Gasteiger partial charge in [0.25, 0.3) is 9.05 Å². The van der Waals surface area contributed by atoms with Crippen LogP contribution in [0.2, 0.25) is 5.02 Å². The minimum absolute atomic E-state index is 0.349. The fourth-order valence-electron chi connectivity index (χ4n) is 0.867. The van der Waals surface area contributed by atoms with Crippen LogP contribution >= 0.6 is 43.6 Å². The minimum atomic E-state index is -4.64. The van der Waals surface area contributed by atoms with Crippen LogP contribution in [0.15, 0.2) is 23.1 Å². The SMILES string of the molecule is O=S(=O)(Cl)c1cc(C(F)(F)F)ccc1Cl.O=S(Cl)Cl. The van der Waals surface area contributed by atoms with Gasteiger partial charge in [-0.15, -0.1) is 0 Å². The topological polar surface area (TPSA) is 51.2 Å². The van der Waals surface area contributed by atoms with Gasteiger partial charge < -0.3 is 0 Å². The van der Waals surface area contributed by atoms with Crippen LogP contribution in [-0.4, -0.2) is 12.6 Å². The Morgan fingerprint density at radius 3 is 1.89 bits per heavy atom. The molecule has 0 heterocycles. The number of benzene rings is 1. The molecular weight excluding hydrogens is 395 g/mol. The summed E-state index contributed by atoms with van der Waals surface area (Å²) in [5, 5.41) is -0.349. The molecule has 0 fully saturated rings. The Morgan fingerprint density at radius 2 is 1.58 bits per heavy atom. The van der Waals surface area contributed by atoms with E-state index in [9.17, 15) is 21.6 Å². The van der Waals surface area contributed by atoms with Crippen molar-refractivity contribution in [3.05, 3.63) is 28.8 Å². The summed E-state index contributed by atoms with van der Waals surface area (Å²) in [5.74, 6) is 0. The molecule has 0 N–H and O–H groups in total. The van der Waals surface area contributed by atoms with E-state index >= 15 is 0 Å². The van der Waals surface area contributed by atoms with Crippen molar-refractivity contribution < 1.29 is 25.8 Å². The van der Waals surface area contributed by atoms with Crippen LogP contribution in [0.1, 0.15) is 5.56 Å². The van der Waals surface area contributed by atoms with Gasteiger partial charge in [0.1, 0.15) is 4.90 Å². The molecule has 12 heteroatoms. The third kappa shape index (κ3) is 7.57. The van der Waals surface area contributed by atoms with Crippen molar-refractivity contribution in [2.75, 3.05) is 0 Å². The molecule has 0 atom stereocenters. The van der Waals surface area contributed by atoms with E-state index in [-0.39, 0.29) is 5.02 Å². The second-order valence-electron chi connectivity index (χ2n) is 2.77. The Hall–Kier alpha value is 0.270. The molecule has 0 radical (unpaired) electrons. The number of alkyl halides is 3. The molecule has 1 aromatic rings. The second kappa shape index (κ2) is 7.33. The minimum Gasteiger partial charge on any atom is -0.225 e. The first-order valence-electron chi connectivity index (χ1n) is 3.91. The van der Waals surface area contributed by atoms with E-state index in [4.69, 9.17) is 26.5 Å². The number of hydrogen-bond donors (Lipinski definition) is 0. The van der Waals surface area contributed by atoms with Crippen molar-refractivity contribution in [2.24, 2.45) is 0 Å². The van der Waals surface area contributed by atoms with Gasteiger partial charge in [0, 0.05) is 32.0 Å². The molecule has 0 aliphatic heterocycles. The van der Waals surface area contributed by atoms with Crippen molar-refractivity contribution in [3.63, 3.8) is 0 Å². The highest BCUT2D eigenvalue weighted by atomic mass is 36.0. The monoisotopic (exact) mass is 396 g/mol. The first-order valence-corrected chi connectivity index (χ1v) is 9.40. The molecule has 3 nitrogen and oxygen atoms in total. The van der Waals surface area contributed by atoms with Crippen LogP contribution in [-0.2, 0) is 24.5 Å². The van der Waals surface area contributed by atoms with Crippen molar-refractivity contribution >= 4 is 61.9 Å². The molecule has 1 aromatic carbocycles. The van der Waals surface area contributed by atoms with Crippen LogP contribution in [0.4, 0.5) is 13.2 Å². The van der Waals surface area contributed by atoms with E-state index in [1.807, 2.05) is 0 Å². The van der Waals surface area contributed by atoms with Gasteiger partial charge in [-0.3, -0.25) is 0 Å². The highest BCUT2D eigenvalue weighted by molar-refractivity contribution is 8.26. The highest BCUT2D eigenvalue weighted by Crippen LogP contribution is 2.34. The maximum Gasteiger partial charge on any atom is 0.416 e. The summed E-state index contributed by atoms with van der Waals surface area (Å²) in [6, 6.07) is 1.90. The molecular formula is C7H3Cl4F3O3S2. The maximum atomic E-state index is 12.2. The van der Waals surface area contributed by atoms with Crippen molar-refractivity contribution in [2.45, 2.75) is 11.1 Å². The predicted molar refractivity (Wildman–Crippen MR) is 69.3 cm³/mol. The van der Waals surface area contributed by atoms with Crippen molar-refractivity contribution in [1.82, 2.24) is 0 Å². The summed E-state index contributed by atoms with van der Waals surface area (Å²) in [7, 11) is 7.99. The molecule has 110 valence electrons. The van der Waals surface area contributed by atoms with Gasteiger partial charge in [-0.1, -0.05) is 11.6 Å². The Labute approximate surface area is 127 Å². The van der Waals surface area contributed by atoms with Crippen LogP contribution in [0.5, 0.6) is 0 Å². The maximum absolute atomic E-state index is 12.2. The van der Waals surface area contributed by atoms with E-state index < -0.39 is 34.9 Å². The van der Waals surface area contributed by atoms with Crippen LogP contribution in [0.3, 0.4) is 0 Å². The number of halogens is 7. The smallest absolute Gasteiger partial charge is 0.225 e. The van der Waals surface area contributed by atoms with Gasteiger partial charge in [0.2, 0.25) is 9.23 Å². The summed E-state index contributed by atoms with van der Waals surface area (Å²) < 4.78 is 67.4. The van der Waals surface area contributed by atoms with E-state index in [0.29, 0.717) is 12.1 Å². The molecule has 0 spiro atoms. The fraction of sp³-hybridized carbons (Fsp3) is 0.143. The van der Waals surface area contributed by atoms with E-state index in [1.165, 1.54) is 0 Å². The summed E-state index contributed by atoms with van der Waals surface area (Å²) in [6.45, 7) is 0. The molecule has 0 unspecified atom stereocenters. The molecule has 0 aliphatic carbocycles. The summed E-state index contributed by atoms with van der Waals surface area (Å²) in [4.78, 5) is -0.749. The fourth-order valence-corrected chi connectivity index (χ4v) is 2.36. The zero-order valence-electron chi connectivity index (χ0n) is 8.42. The van der Waals surface area contributed by atoms with Gasteiger partial charge in [-0.25, -0.2) is 12.6 Å². The van der Waals surface area contributed by atoms with Crippen LogP contribution in [0.25, 0.3) is 0 Å². The summed E-state index contributed by atoms with van der Waals surface area (Å²) in [5.41, 5.74) is -1.12. The Morgan fingerprint density at radius 1 is 1.16 bits per heavy atom. The van der Waals surface area contributed by atoms with Gasteiger partial charge in [0.15, 0.2) is 0 Å². The van der Waals surface area contributed by atoms with E-state index in [1.54, 1.807) is 0 Å². The lowest BCUT2D eigenvalue weighted by molar-refractivity contribution is -0.137. The standard InChI is InChI=1S/C7H3Cl2F3O2S.Cl2OS/c8-5-2-1-4(7(10,11)12)3-6(5)15(9,13)14;1-4(2)3/h1-3H;. The van der Waals surface area contributed by atoms with Gasteiger partial charge in [-0.2, -0.15) is 13.2 Å². The van der Waals surface area contributed by atoms with Crippen molar-refractivity contribution in [1.29, 1.82) is 0 Å². The molecule has 0 saturated heterocycles. The molecule has 0 saturated carbocycles. The normalized spacial score (nSPS) is 12.0.